The fourth-order valence-electron chi connectivity index (χ4n) is 3.29. The topological polar surface area (TPSA) is 64.6 Å². The van der Waals surface area contributed by atoms with E-state index in [0.717, 1.165) is 22.6 Å². The van der Waals surface area contributed by atoms with Crippen LogP contribution in [0.5, 0.6) is 11.5 Å². The molecular formula is C25H25NO4. The molecule has 0 saturated carbocycles. The Morgan fingerprint density at radius 2 is 1.23 bits per heavy atom. The highest BCUT2D eigenvalue weighted by Gasteiger charge is 2.19. The van der Waals surface area contributed by atoms with Crippen molar-refractivity contribution in [2.45, 2.75) is 19.3 Å². The molecule has 0 heterocycles. The van der Waals surface area contributed by atoms with E-state index in [4.69, 9.17) is 9.47 Å². The summed E-state index contributed by atoms with van der Waals surface area (Å²) in [6, 6.07) is 22.4. The van der Waals surface area contributed by atoms with Crippen LogP contribution in [0.2, 0.25) is 0 Å². The third kappa shape index (κ3) is 5.26. The van der Waals surface area contributed by atoms with Crippen molar-refractivity contribution in [2.75, 3.05) is 19.5 Å². The number of anilines is 1. The van der Waals surface area contributed by atoms with Gasteiger partial charge in [-0.05, 0) is 66.6 Å². The van der Waals surface area contributed by atoms with Crippen molar-refractivity contribution >= 4 is 17.4 Å². The number of hydrogen-bond donors (Lipinski definition) is 1. The maximum absolute atomic E-state index is 12.8. The van der Waals surface area contributed by atoms with Crippen molar-refractivity contribution in [3.05, 3.63) is 89.5 Å². The summed E-state index contributed by atoms with van der Waals surface area (Å²) in [4.78, 5) is 24.2. The second kappa shape index (κ2) is 9.74. The Labute approximate surface area is 176 Å². The lowest BCUT2D eigenvalue weighted by Gasteiger charge is -2.19. The molecule has 5 nitrogen and oxygen atoms in total. The number of ketones is 1. The van der Waals surface area contributed by atoms with Crippen LogP contribution in [0.1, 0.15) is 40.7 Å². The van der Waals surface area contributed by atoms with Crippen LogP contribution in [0.4, 0.5) is 5.69 Å². The van der Waals surface area contributed by atoms with Crippen LogP contribution in [0, 0.1) is 0 Å². The summed E-state index contributed by atoms with van der Waals surface area (Å²) in [5.41, 5.74) is 3.31. The fraction of sp³-hybridized carbons (Fsp3) is 0.200. The predicted octanol–water partition coefficient (Wildman–Crippen LogP) is 5.07. The molecule has 30 heavy (non-hydrogen) atoms. The lowest BCUT2D eigenvalue weighted by atomic mass is 9.88. The number of hydrogen-bond acceptors (Lipinski definition) is 4. The van der Waals surface area contributed by atoms with Gasteiger partial charge in [0.2, 0.25) is 5.91 Å². The number of nitrogens with one attached hydrogen (secondary N) is 1. The van der Waals surface area contributed by atoms with Crippen LogP contribution in [-0.2, 0) is 4.79 Å². The summed E-state index contributed by atoms with van der Waals surface area (Å²) in [6.07, 6.45) is 0.271. The number of rotatable bonds is 8. The first-order valence-electron chi connectivity index (χ1n) is 9.69. The van der Waals surface area contributed by atoms with Crippen LogP contribution >= 0.6 is 0 Å². The Bertz CT molecular complexity index is 945. The highest BCUT2D eigenvalue weighted by molar-refractivity contribution is 5.95. The molecule has 0 fully saturated rings. The van der Waals surface area contributed by atoms with E-state index in [0.29, 0.717) is 11.3 Å². The smallest absolute Gasteiger partial charge is 0.225 e. The molecule has 0 aromatic heterocycles. The third-order valence-electron chi connectivity index (χ3n) is 5.00. The van der Waals surface area contributed by atoms with Gasteiger partial charge in [0.25, 0.3) is 0 Å². The van der Waals surface area contributed by atoms with Gasteiger partial charge in [0.1, 0.15) is 11.5 Å². The maximum Gasteiger partial charge on any atom is 0.225 e. The summed E-state index contributed by atoms with van der Waals surface area (Å²) in [5, 5.41) is 2.92. The van der Waals surface area contributed by atoms with Crippen molar-refractivity contribution < 1.29 is 19.1 Å². The molecule has 0 aliphatic heterocycles. The van der Waals surface area contributed by atoms with E-state index in [1.807, 2.05) is 48.5 Å². The number of carbonyl (C=O) groups excluding carboxylic acids is 2. The van der Waals surface area contributed by atoms with Gasteiger partial charge in [-0.1, -0.05) is 24.3 Å². The first kappa shape index (κ1) is 21.1. The number of Topliss-reactive ketones (excluding diaryl/α,β-unsaturated/α-hetero) is 1. The number of methoxy groups -OCH3 is 2. The summed E-state index contributed by atoms with van der Waals surface area (Å²) in [7, 11) is 3.25. The van der Waals surface area contributed by atoms with Crippen LogP contribution in [0.15, 0.2) is 72.8 Å². The standard InChI is InChI=1S/C25H25NO4/c1-17(27)18-4-10-21(11-5-18)26-25(28)16-24(19-6-12-22(29-2)13-7-19)20-8-14-23(30-3)15-9-20/h4-15,24H,16H2,1-3H3,(H,26,28). The first-order valence-corrected chi connectivity index (χ1v) is 9.69. The summed E-state index contributed by atoms with van der Waals surface area (Å²) in [6.45, 7) is 1.52. The molecule has 0 unspecified atom stereocenters. The van der Waals surface area contributed by atoms with E-state index in [1.54, 1.807) is 38.5 Å². The molecule has 3 rings (SSSR count). The van der Waals surface area contributed by atoms with Crippen molar-refractivity contribution in [3.8, 4) is 11.5 Å². The van der Waals surface area contributed by atoms with Gasteiger partial charge in [0.05, 0.1) is 14.2 Å². The van der Waals surface area contributed by atoms with E-state index in [1.165, 1.54) is 6.92 Å². The largest absolute Gasteiger partial charge is 0.497 e. The predicted molar refractivity (Wildman–Crippen MR) is 118 cm³/mol. The third-order valence-corrected chi connectivity index (χ3v) is 5.00. The molecule has 154 valence electrons. The zero-order valence-corrected chi connectivity index (χ0v) is 17.3. The van der Waals surface area contributed by atoms with Crippen LogP contribution in [-0.4, -0.2) is 25.9 Å². The molecule has 0 aliphatic rings. The van der Waals surface area contributed by atoms with Crippen LogP contribution < -0.4 is 14.8 Å². The quantitative estimate of drug-likeness (QED) is 0.534. The molecule has 0 atom stereocenters. The van der Waals surface area contributed by atoms with Gasteiger partial charge in [-0.2, -0.15) is 0 Å². The molecule has 0 radical (unpaired) electrons. The minimum atomic E-state index is -0.127. The molecule has 0 spiro atoms. The van der Waals surface area contributed by atoms with E-state index in [-0.39, 0.29) is 24.0 Å². The Hall–Kier alpha value is -3.60. The molecule has 0 saturated heterocycles. The zero-order valence-electron chi connectivity index (χ0n) is 17.3. The Morgan fingerprint density at radius 3 is 1.63 bits per heavy atom. The second-order valence-corrected chi connectivity index (χ2v) is 6.98. The highest BCUT2D eigenvalue weighted by Crippen LogP contribution is 2.31. The monoisotopic (exact) mass is 403 g/mol. The van der Waals surface area contributed by atoms with Crippen molar-refractivity contribution in [2.24, 2.45) is 0 Å². The van der Waals surface area contributed by atoms with Gasteiger partial charge >= 0.3 is 0 Å². The molecule has 0 bridgehead atoms. The van der Waals surface area contributed by atoms with Crippen LogP contribution in [0.3, 0.4) is 0 Å². The zero-order chi connectivity index (χ0) is 21.5. The van der Waals surface area contributed by atoms with E-state index >= 15 is 0 Å². The minimum Gasteiger partial charge on any atom is -0.497 e. The average Bonchev–Trinajstić information content (AvgIpc) is 2.78. The summed E-state index contributed by atoms with van der Waals surface area (Å²) in [5.74, 6) is 1.29. The van der Waals surface area contributed by atoms with Crippen molar-refractivity contribution in [1.29, 1.82) is 0 Å². The molecule has 5 heteroatoms. The maximum atomic E-state index is 12.8. The molecule has 3 aromatic rings. The molecular weight excluding hydrogens is 378 g/mol. The number of carbonyl (C=O) groups is 2. The van der Waals surface area contributed by atoms with Crippen molar-refractivity contribution in [3.63, 3.8) is 0 Å². The van der Waals surface area contributed by atoms with Gasteiger partial charge in [-0.3, -0.25) is 9.59 Å². The van der Waals surface area contributed by atoms with Gasteiger partial charge in [0, 0.05) is 23.6 Å². The van der Waals surface area contributed by atoms with E-state index in [2.05, 4.69) is 5.32 Å². The van der Waals surface area contributed by atoms with Gasteiger partial charge < -0.3 is 14.8 Å². The SMILES string of the molecule is COc1ccc(C(CC(=O)Nc2ccc(C(C)=O)cc2)c2ccc(OC)cc2)cc1. The van der Waals surface area contributed by atoms with Crippen molar-refractivity contribution in [1.82, 2.24) is 0 Å². The minimum absolute atomic E-state index is 0.00745. The molecule has 1 N–H and O–H groups in total. The van der Waals surface area contributed by atoms with Gasteiger partial charge in [0.15, 0.2) is 5.78 Å². The molecule has 1 amide bonds. The number of ether oxygens (including phenoxy) is 2. The Balaban J connectivity index is 1.81. The average molecular weight is 403 g/mol. The number of benzene rings is 3. The van der Waals surface area contributed by atoms with Crippen LogP contribution in [0.25, 0.3) is 0 Å². The number of amides is 1. The Kier molecular flexibility index (Phi) is 6.86. The highest BCUT2D eigenvalue weighted by atomic mass is 16.5. The summed E-state index contributed by atoms with van der Waals surface area (Å²) >= 11 is 0. The molecule has 3 aromatic carbocycles. The second-order valence-electron chi connectivity index (χ2n) is 6.98. The normalized spacial score (nSPS) is 10.5. The van der Waals surface area contributed by atoms with Gasteiger partial charge in [-0.25, -0.2) is 0 Å². The lowest BCUT2D eigenvalue weighted by Crippen LogP contribution is -2.16. The Morgan fingerprint density at radius 1 is 0.767 bits per heavy atom. The van der Waals surface area contributed by atoms with E-state index in [9.17, 15) is 9.59 Å². The lowest BCUT2D eigenvalue weighted by molar-refractivity contribution is -0.116. The first-order chi connectivity index (χ1) is 14.5. The summed E-state index contributed by atoms with van der Waals surface area (Å²) < 4.78 is 10.5. The molecule has 0 aliphatic carbocycles. The van der Waals surface area contributed by atoms with Gasteiger partial charge in [-0.15, -0.1) is 0 Å². The van der Waals surface area contributed by atoms with E-state index < -0.39 is 0 Å². The fourth-order valence-corrected chi connectivity index (χ4v) is 3.29.